The molecule has 2 saturated heterocycles. The minimum absolute atomic E-state index is 0.0135. The van der Waals surface area contributed by atoms with E-state index in [1.807, 2.05) is 11.0 Å². The number of aliphatic hydroxyl groups excluding tert-OH is 1. The van der Waals surface area contributed by atoms with E-state index >= 15 is 0 Å². The van der Waals surface area contributed by atoms with Gasteiger partial charge in [0, 0.05) is 44.1 Å². The van der Waals surface area contributed by atoms with Crippen molar-refractivity contribution in [1.82, 2.24) is 14.7 Å². The molecule has 0 radical (unpaired) electrons. The second-order valence-corrected chi connectivity index (χ2v) is 12.6. The number of hydrogen-bond acceptors (Lipinski definition) is 5. The number of nitrogens with zero attached hydrogens (tertiary/aromatic N) is 3. The highest BCUT2D eigenvalue weighted by Gasteiger charge is 2.73. The zero-order valence-corrected chi connectivity index (χ0v) is 21.1. The van der Waals surface area contributed by atoms with E-state index in [4.69, 9.17) is 0 Å². The van der Waals surface area contributed by atoms with Gasteiger partial charge in [-0.15, -0.1) is 11.8 Å². The number of carbonyl (C=O) groups is 3. The van der Waals surface area contributed by atoms with Crippen LogP contribution >= 0.6 is 11.8 Å². The molecule has 0 aromatic carbocycles. The van der Waals surface area contributed by atoms with Gasteiger partial charge in [0.05, 0.1) is 16.6 Å². The monoisotopic (exact) mass is 487 g/mol. The van der Waals surface area contributed by atoms with Gasteiger partial charge in [0.25, 0.3) is 0 Å². The highest BCUT2D eigenvalue weighted by molar-refractivity contribution is 8.02. The number of hydrogen-bond donors (Lipinski definition) is 1. The molecule has 1 aliphatic carbocycles. The number of likely N-dealkylation sites (tertiary alicyclic amines) is 1. The average molecular weight is 488 g/mol. The zero-order valence-electron chi connectivity index (χ0n) is 20.3. The van der Waals surface area contributed by atoms with Crippen LogP contribution in [0.15, 0.2) is 24.3 Å². The Morgan fingerprint density at radius 1 is 0.971 bits per heavy atom. The molecule has 5 rings (SSSR count). The fourth-order valence-corrected chi connectivity index (χ4v) is 9.17. The number of rotatable bonds is 5. The molecule has 1 N–H and O–H groups in total. The Kier molecular flexibility index (Phi) is 6.34. The molecule has 5 atom stereocenters. The molecular formula is C26H37N3O4S. The first-order valence-electron chi connectivity index (χ1n) is 12.9. The Balaban J connectivity index is 1.58. The first kappa shape index (κ1) is 23.9. The molecular weight excluding hydrogens is 450 g/mol. The fraction of sp³-hybridized carbons (Fsp3) is 0.731. The lowest BCUT2D eigenvalue weighted by atomic mass is 9.74. The van der Waals surface area contributed by atoms with Crippen molar-refractivity contribution in [3.8, 4) is 0 Å². The number of carbonyl (C=O) groups excluding carboxylic acids is 3. The Labute approximate surface area is 206 Å². The van der Waals surface area contributed by atoms with Crippen LogP contribution in [0.3, 0.4) is 0 Å². The molecule has 0 aromatic heterocycles. The molecule has 3 amide bonds. The van der Waals surface area contributed by atoms with Crippen molar-refractivity contribution in [3.05, 3.63) is 24.3 Å². The maximum atomic E-state index is 14.3. The van der Waals surface area contributed by atoms with E-state index < -0.39 is 27.4 Å². The Morgan fingerprint density at radius 3 is 2.44 bits per heavy atom. The summed E-state index contributed by atoms with van der Waals surface area (Å²) in [5, 5.41) is 9.34. The Bertz CT molecular complexity index is 916. The van der Waals surface area contributed by atoms with Gasteiger partial charge in [-0.2, -0.15) is 0 Å². The fourth-order valence-electron chi connectivity index (χ4n) is 7.02. The van der Waals surface area contributed by atoms with Gasteiger partial charge in [-0.3, -0.25) is 14.4 Å². The normalized spacial score (nSPS) is 38.1. The molecule has 186 valence electrons. The maximum absolute atomic E-state index is 14.3. The lowest BCUT2D eigenvalue weighted by Crippen LogP contribution is -2.55. The van der Waals surface area contributed by atoms with Gasteiger partial charge in [0.2, 0.25) is 17.7 Å². The minimum atomic E-state index is -0.756. The highest BCUT2D eigenvalue weighted by Crippen LogP contribution is 2.65. The summed E-state index contributed by atoms with van der Waals surface area (Å²) in [6.07, 6.45) is 15.1. The summed E-state index contributed by atoms with van der Waals surface area (Å²) in [4.78, 5) is 47.5. The van der Waals surface area contributed by atoms with Gasteiger partial charge in [0.1, 0.15) is 6.04 Å². The third kappa shape index (κ3) is 3.55. The van der Waals surface area contributed by atoms with E-state index in [9.17, 15) is 19.5 Å². The molecule has 3 fully saturated rings. The van der Waals surface area contributed by atoms with Gasteiger partial charge in [-0.1, -0.05) is 43.6 Å². The second-order valence-electron chi connectivity index (χ2n) is 10.8. The third-order valence-electron chi connectivity index (χ3n) is 8.61. The standard InChI is InChI=1S/C26H37N3O4S/c1-25-12-8-14-27(2)22(31)19(25)20-23(32)29(15-6-7-17-30)21-24(33)28(18-10-4-3-5-11-18)16-9-13-26(20,21)34-25/h8-9,12-13,18-21,30H,3-7,10-11,14-17H2,1-2H3/t19-,20+,21?,25+,26+/m1/s1. The first-order chi connectivity index (χ1) is 16.3. The molecule has 8 heteroatoms. The van der Waals surface area contributed by atoms with Crippen molar-refractivity contribution in [2.75, 3.05) is 33.3 Å². The van der Waals surface area contributed by atoms with Crippen LogP contribution in [0.5, 0.6) is 0 Å². The predicted molar refractivity (Wildman–Crippen MR) is 132 cm³/mol. The van der Waals surface area contributed by atoms with Crippen molar-refractivity contribution in [3.63, 3.8) is 0 Å². The lowest BCUT2D eigenvalue weighted by Gasteiger charge is -2.40. The third-order valence-corrected chi connectivity index (χ3v) is 10.4. The summed E-state index contributed by atoms with van der Waals surface area (Å²) < 4.78 is -1.30. The predicted octanol–water partition coefficient (Wildman–Crippen LogP) is 2.21. The smallest absolute Gasteiger partial charge is 0.247 e. The van der Waals surface area contributed by atoms with E-state index in [1.54, 1.807) is 28.6 Å². The van der Waals surface area contributed by atoms with Crippen molar-refractivity contribution in [2.45, 2.75) is 73.4 Å². The number of likely N-dealkylation sites (N-methyl/N-ethyl adjacent to an activating group) is 1. The van der Waals surface area contributed by atoms with E-state index in [-0.39, 0.29) is 30.4 Å². The van der Waals surface area contributed by atoms with Crippen LogP contribution in [0.2, 0.25) is 0 Å². The number of unbranched alkanes of at least 4 members (excludes halogenated alkanes) is 1. The Morgan fingerprint density at radius 2 is 1.71 bits per heavy atom. The van der Waals surface area contributed by atoms with Crippen LogP contribution in [-0.4, -0.2) is 92.4 Å². The first-order valence-corrected chi connectivity index (χ1v) is 13.7. The average Bonchev–Trinajstić information content (AvgIpc) is 3.09. The summed E-state index contributed by atoms with van der Waals surface area (Å²) in [7, 11) is 1.79. The summed E-state index contributed by atoms with van der Waals surface area (Å²) >= 11 is 1.65. The van der Waals surface area contributed by atoms with Crippen LogP contribution in [0.1, 0.15) is 51.9 Å². The van der Waals surface area contributed by atoms with Crippen LogP contribution in [0.4, 0.5) is 0 Å². The van der Waals surface area contributed by atoms with E-state index in [2.05, 4.69) is 25.2 Å². The van der Waals surface area contributed by atoms with Crippen molar-refractivity contribution >= 4 is 29.5 Å². The van der Waals surface area contributed by atoms with E-state index in [0.717, 1.165) is 25.7 Å². The van der Waals surface area contributed by atoms with Crippen molar-refractivity contribution < 1.29 is 19.5 Å². The molecule has 5 aliphatic rings. The van der Waals surface area contributed by atoms with Gasteiger partial charge < -0.3 is 19.8 Å². The zero-order chi connectivity index (χ0) is 24.1. The highest BCUT2D eigenvalue weighted by atomic mass is 32.2. The number of aliphatic hydroxyl groups is 1. The molecule has 1 saturated carbocycles. The van der Waals surface area contributed by atoms with Crippen LogP contribution in [0, 0.1) is 11.8 Å². The molecule has 7 nitrogen and oxygen atoms in total. The second kappa shape index (κ2) is 9.01. The number of fused-ring (bicyclic) bond motifs is 2. The van der Waals surface area contributed by atoms with Gasteiger partial charge in [0.15, 0.2) is 0 Å². The van der Waals surface area contributed by atoms with Crippen molar-refractivity contribution in [1.29, 1.82) is 0 Å². The van der Waals surface area contributed by atoms with Gasteiger partial charge in [-0.05, 0) is 32.6 Å². The van der Waals surface area contributed by atoms with Gasteiger partial charge in [-0.25, -0.2) is 0 Å². The quantitative estimate of drug-likeness (QED) is 0.475. The van der Waals surface area contributed by atoms with Crippen molar-refractivity contribution in [2.24, 2.45) is 11.8 Å². The molecule has 34 heavy (non-hydrogen) atoms. The molecule has 4 aliphatic heterocycles. The van der Waals surface area contributed by atoms with E-state index in [1.165, 1.54) is 6.42 Å². The SMILES string of the molecule is CN1CC=C[C@]2(C)S[C@]34C=CCN(C5CCCCC5)C(=O)C3N(CCCCO)C(=O)[C@@H]4[C@@H]2C1=O. The molecule has 1 spiro atoms. The summed E-state index contributed by atoms with van der Waals surface area (Å²) in [5.74, 6) is -1.12. The van der Waals surface area contributed by atoms with Gasteiger partial charge >= 0.3 is 0 Å². The van der Waals surface area contributed by atoms with Crippen LogP contribution in [0.25, 0.3) is 0 Å². The summed E-state index contributed by atoms with van der Waals surface area (Å²) in [6.45, 7) is 3.66. The summed E-state index contributed by atoms with van der Waals surface area (Å²) in [5.41, 5.74) is 0. The number of thioether (sulfide) groups is 1. The largest absolute Gasteiger partial charge is 0.396 e. The summed E-state index contributed by atoms with van der Waals surface area (Å²) in [6, 6.07) is -0.390. The number of amides is 3. The minimum Gasteiger partial charge on any atom is -0.396 e. The van der Waals surface area contributed by atoms with Crippen LogP contribution in [-0.2, 0) is 14.4 Å². The Hall–Kier alpha value is -1.80. The van der Waals surface area contributed by atoms with Crippen LogP contribution < -0.4 is 0 Å². The molecule has 4 heterocycles. The van der Waals surface area contributed by atoms with E-state index in [0.29, 0.717) is 32.5 Å². The molecule has 0 aromatic rings. The topological polar surface area (TPSA) is 81.2 Å². The molecule has 0 bridgehead atoms. The molecule has 1 unspecified atom stereocenters. The lowest BCUT2D eigenvalue weighted by molar-refractivity contribution is -0.145. The maximum Gasteiger partial charge on any atom is 0.247 e.